The van der Waals surface area contributed by atoms with Gasteiger partial charge in [0.05, 0.1) is 29.5 Å². The Bertz CT molecular complexity index is 1720. The molecule has 0 unspecified atom stereocenters. The number of alkyl halides is 3. The molecule has 250 valence electrons. The molecule has 4 aromatic rings. The van der Waals surface area contributed by atoms with Crippen molar-refractivity contribution in [3.8, 4) is 23.0 Å². The maximum absolute atomic E-state index is 12.7. The Morgan fingerprint density at radius 1 is 0.729 bits per heavy atom. The Morgan fingerprint density at radius 2 is 1.31 bits per heavy atom. The molecule has 0 atom stereocenters. The summed E-state index contributed by atoms with van der Waals surface area (Å²) in [5.41, 5.74) is 0.888. The summed E-state index contributed by atoms with van der Waals surface area (Å²) in [5.74, 6) is -0.157. The van der Waals surface area contributed by atoms with Gasteiger partial charge in [0.15, 0.2) is 5.75 Å². The quantitative estimate of drug-likeness (QED) is 0.129. The van der Waals surface area contributed by atoms with Crippen molar-refractivity contribution >= 4 is 29.3 Å². The van der Waals surface area contributed by atoms with Crippen molar-refractivity contribution in [3.63, 3.8) is 0 Å². The third-order valence-electron chi connectivity index (χ3n) is 7.45. The van der Waals surface area contributed by atoms with Gasteiger partial charge in [0.2, 0.25) is 5.91 Å². The fraction of sp³-hybridized carbons (Fsp3) is 0.229. The first-order valence-electron chi connectivity index (χ1n) is 15.1. The molecule has 0 aromatic heterocycles. The van der Waals surface area contributed by atoms with Gasteiger partial charge in [-0.3, -0.25) is 4.79 Å². The zero-order chi connectivity index (χ0) is 34.1. The first-order valence-corrected chi connectivity index (χ1v) is 15.1. The monoisotopic (exact) mass is 663 g/mol. The van der Waals surface area contributed by atoms with Gasteiger partial charge in [-0.1, -0.05) is 36.4 Å². The van der Waals surface area contributed by atoms with Crippen LogP contribution in [0.25, 0.3) is 0 Å². The molecule has 0 heterocycles. The number of ether oxygens (including phenoxy) is 3. The summed E-state index contributed by atoms with van der Waals surface area (Å²) in [6.45, 7) is 0. The highest BCUT2D eigenvalue weighted by molar-refractivity contribution is 6.01. The lowest BCUT2D eigenvalue weighted by Gasteiger charge is -2.29. The highest BCUT2D eigenvalue weighted by atomic mass is 19.4. The van der Waals surface area contributed by atoms with E-state index in [9.17, 15) is 32.7 Å². The summed E-state index contributed by atoms with van der Waals surface area (Å²) < 4.78 is 54.0. The number of para-hydroxylation sites is 3. The van der Waals surface area contributed by atoms with E-state index >= 15 is 0 Å². The minimum Gasteiger partial charge on any atom is -0.490 e. The summed E-state index contributed by atoms with van der Waals surface area (Å²) in [7, 11) is 0. The van der Waals surface area contributed by atoms with E-state index in [-0.39, 0.29) is 41.4 Å². The predicted octanol–water partition coefficient (Wildman–Crippen LogP) is 7.77. The van der Waals surface area contributed by atoms with E-state index in [4.69, 9.17) is 9.47 Å². The standard InChI is InChI=1S/C35H32F3N3O7/c36-35(37,38)48-31-8-4-3-7-30(31)41-34(45)39-23-11-15-25(16-12-23)47-27-19-17-26(18-20-27)46-24-13-9-22(10-14-24)21-32(42)40-29-6-2-1-5-28(29)33(43)44/h1-10,13-14,17-20,23,25H,11-12,15-16,21H2,(H,40,42)(H,43,44)(H2,39,41,45). The van der Waals surface area contributed by atoms with Crippen molar-refractivity contribution in [1.82, 2.24) is 5.32 Å². The zero-order valence-corrected chi connectivity index (χ0v) is 25.5. The molecule has 5 rings (SSSR count). The van der Waals surface area contributed by atoms with Crippen molar-refractivity contribution in [3.05, 3.63) is 108 Å². The van der Waals surface area contributed by atoms with E-state index in [2.05, 4.69) is 20.7 Å². The second kappa shape index (κ2) is 15.2. The molecule has 10 nitrogen and oxygen atoms in total. The maximum Gasteiger partial charge on any atom is 0.573 e. The molecule has 3 amide bonds. The van der Waals surface area contributed by atoms with Gasteiger partial charge in [-0.05, 0) is 91.9 Å². The fourth-order valence-corrected chi connectivity index (χ4v) is 5.20. The van der Waals surface area contributed by atoms with Crippen molar-refractivity contribution in [2.75, 3.05) is 10.6 Å². The number of anilines is 2. The lowest BCUT2D eigenvalue weighted by molar-refractivity contribution is -0.274. The number of carboxylic acid groups (broad SMARTS) is 1. The second-order valence-corrected chi connectivity index (χ2v) is 11.0. The van der Waals surface area contributed by atoms with Crippen LogP contribution in [-0.4, -0.2) is 41.5 Å². The fourth-order valence-electron chi connectivity index (χ4n) is 5.20. The summed E-state index contributed by atoms with van der Waals surface area (Å²) in [4.78, 5) is 36.3. The van der Waals surface area contributed by atoms with Crippen LogP contribution in [0.2, 0.25) is 0 Å². The Balaban J connectivity index is 1.04. The highest BCUT2D eigenvalue weighted by Crippen LogP contribution is 2.31. The zero-order valence-electron chi connectivity index (χ0n) is 25.5. The number of aromatic carboxylic acids is 1. The molecule has 4 N–H and O–H groups in total. The minimum atomic E-state index is -4.88. The van der Waals surface area contributed by atoms with E-state index in [1.54, 1.807) is 60.7 Å². The average Bonchev–Trinajstić information content (AvgIpc) is 3.04. The third kappa shape index (κ3) is 9.89. The van der Waals surface area contributed by atoms with Crippen LogP contribution in [0.4, 0.5) is 29.3 Å². The molecular weight excluding hydrogens is 631 g/mol. The van der Waals surface area contributed by atoms with Crippen molar-refractivity contribution in [1.29, 1.82) is 0 Å². The normalized spacial score (nSPS) is 15.9. The molecule has 1 aliphatic rings. The van der Waals surface area contributed by atoms with Crippen LogP contribution in [0.15, 0.2) is 97.1 Å². The van der Waals surface area contributed by atoms with Gasteiger partial charge >= 0.3 is 18.4 Å². The van der Waals surface area contributed by atoms with E-state index < -0.39 is 24.1 Å². The van der Waals surface area contributed by atoms with Crippen LogP contribution < -0.4 is 30.2 Å². The number of urea groups is 1. The van der Waals surface area contributed by atoms with Crippen LogP contribution in [0.5, 0.6) is 23.0 Å². The lowest BCUT2D eigenvalue weighted by atomic mass is 9.93. The van der Waals surface area contributed by atoms with Crippen molar-refractivity contribution in [2.45, 2.75) is 50.6 Å². The molecule has 0 aliphatic heterocycles. The SMILES string of the molecule is O=C(Cc1ccc(Oc2ccc(OC3CCC(NC(=O)Nc4ccccc4OC(F)(F)F)CC3)cc2)cc1)Nc1ccccc1C(=O)O. The molecule has 1 saturated carbocycles. The molecule has 1 aliphatic carbocycles. The molecule has 0 bridgehead atoms. The van der Waals surface area contributed by atoms with E-state index in [0.717, 1.165) is 11.6 Å². The number of carbonyl (C=O) groups is 3. The van der Waals surface area contributed by atoms with E-state index in [1.807, 2.05) is 0 Å². The summed E-state index contributed by atoms with van der Waals surface area (Å²) >= 11 is 0. The van der Waals surface area contributed by atoms with Crippen LogP contribution in [-0.2, 0) is 11.2 Å². The Labute approximate surface area is 273 Å². The number of rotatable bonds is 11. The smallest absolute Gasteiger partial charge is 0.490 e. The topological polar surface area (TPSA) is 135 Å². The number of carbonyl (C=O) groups excluding carboxylic acids is 2. The first-order chi connectivity index (χ1) is 23.0. The molecular formula is C35H32F3N3O7. The first kappa shape index (κ1) is 33.6. The van der Waals surface area contributed by atoms with Gasteiger partial charge in [-0.25, -0.2) is 9.59 Å². The third-order valence-corrected chi connectivity index (χ3v) is 7.45. The predicted molar refractivity (Wildman–Crippen MR) is 171 cm³/mol. The highest BCUT2D eigenvalue weighted by Gasteiger charge is 2.32. The largest absolute Gasteiger partial charge is 0.573 e. The Kier molecular flexibility index (Phi) is 10.7. The van der Waals surface area contributed by atoms with Gasteiger partial charge < -0.3 is 35.3 Å². The average molecular weight is 664 g/mol. The molecule has 48 heavy (non-hydrogen) atoms. The number of amides is 3. The van der Waals surface area contributed by atoms with Crippen molar-refractivity contribution in [2.24, 2.45) is 0 Å². The minimum absolute atomic E-state index is 0.0151. The number of nitrogens with one attached hydrogen (secondary N) is 3. The van der Waals surface area contributed by atoms with Gasteiger partial charge in [0, 0.05) is 6.04 Å². The maximum atomic E-state index is 12.7. The number of hydrogen-bond donors (Lipinski definition) is 4. The van der Waals surface area contributed by atoms with Crippen LogP contribution in [0.1, 0.15) is 41.6 Å². The molecule has 0 spiro atoms. The Morgan fingerprint density at radius 3 is 1.96 bits per heavy atom. The van der Waals surface area contributed by atoms with Gasteiger partial charge in [-0.2, -0.15) is 0 Å². The van der Waals surface area contributed by atoms with E-state index in [1.165, 1.54) is 30.3 Å². The van der Waals surface area contributed by atoms with Crippen LogP contribution >= 0.6 is 0 Å². The molecule has 0 saturated heterocycles. The molecule has 13 heteroatoms. The Hall–Kier alpha value is -5.72. The summed E-state index contributed by atoms with van der Waals surface area (Å²) in [6.07, 6.45) is -2.28. The van der Waals surface area contributed by atoms with Gasteiger partial charge in [-0.15, -0.1) is 13.2 Å². The van der Waals surface area contributed by atoms with E-state index in [0.29, 0.717) is 42.9 Å². The molecule has 4 aromatic carbocycles. The molecule has 1 fully saturated rings. The number of hydrogen-bond acceptors (Lipinski definition) is 6. The summed E-state index contributed by atoms with van der Waals surface area (Å²) in [6, 6.07) is 24.9. The van der Waals surface area contributed by atoms with Crippen molar-refractivity contribution < 1.29 is 46.9 Å². The summed E-state index contributed by atoms with van der Waals surface area (Å²) in [5, 5.41) is 17.2. The number of halogens is 3. The van der Waals surface area contributed by atoms with Gasteiger partial charge in [0.1, 0.15) is 17.2 Å². The van der Waals surface area contributed by atoms with Crippen LogP contribution in [0.3, 0.4) is 0 Å². The molecule has 0 radical (unpaired) electrons. The number of carboxylic acids is 1. The second-order valence-electron chi connectivity index (χ2n) is 11.0. The lowest BCUT2D eigenvalue weighted by Crippen LogP contribution is -2.41. The van der Waals surface area contributed by atoms with Crippen LogP contribution in [0, 0.1) is 0 Å². The van der Waals surface area contributed by atoms with Gasteiger partial charge in [0.25, 0.3) is 0 Å². The number of benzene rings is 4.